The van der Waals surface area contributed by atoms with Crippen LogP contribution < -0.4 is 10.9 Å². The molecular weight excluding hydrogens is 541 g/mol. The molecule has 0 radical (unpaired) electrons. The lowest BCUT2D eigenvalue weighted by molar-refractivity contribution is -0.0741. The summed E-state index contributed by atoms with van der Waals surface area (Å²) in [6.45, 7) is 3.66. The molecule has 4 aromatic rings. The van der Waals surface area contributed by atoms with Gasteiger partial charge >= 0.3 is 11.8 Å². The van der Waals surface area contributed by atoms with Crippen molar-refractivity contribution < 1.29 is 28.2 Å². The van der Waals surface area contributed by atoms with Crippen molar-refractivity contribution in [2.45, 2.75) is 39.0 Å². The Kier molecular flexibility index (Phi) is 6.33. The Morgan fingerprint density at radius 1 is 1.22 bits per heavy atom. The van der Waals surface area contributed by atoms with Crippen molar-refractivity contribution in [3.63, 3.8) is 0 Å². The average molecular weight is 566 g/mol. The van der Waals surface area contributed by atoms with Crippen LogP contribution in [0.1, 0.15) is 50.7 Å². The second-order valence-corrected chi connectivity index (χ2v) is 9.71. The van der Waals surface area contributed by atoms with Crippen molar-refractivity contribution >= 4 is 11.8 Å². The zero-order chi connectivity index (χ0) is 28.9. The summed E-state index contributed by atoms with van der Waals surface area (Å²) in [5.41, 5.74) is -1.63. The van der Waals surface area contributed by atoms with Crippen molar-refractivity contribution in [1.29, 1.82) is 0 Å². The summed E-state index contributed by atoms with van der Waals surface area (Å²) in [5.74, 6) is -1.96. The summed E-state index contributed by atoms with van der Waals surface area (Å²) in [6.07, 6.45) is 1.60. The molecule has 5 heterocycles. The van der Waals surface area contributed by atoms with Crippen LogP contribution in [-0.4, -0.2) is 76.0 Å². The molecule has 15 nitrogen and oxygen atoms in total. The van der Waals surface area contributed by atoms with Gasteiger partial charge < -0.3 is 24.5 Å². The third kappa shape index (κ3) is 4.51. The van der Waals surface area contributed by atoms with Gasteiger partial charge in [0.2, 0.25) is 11.6 Å². The van der Waals surface area contributed by atoms with Gasteiger partial charge in [0.25, 0.3) is 11.5 Å². The van der Waals surface area contributed by atoms with Crippen LogP contribution in [0.15, 0.2) is 33.7 Å². The van der Waals surface area contributed by atoms with Crippen LogP contribution in [0.2, 0.25) is 0 Å². The predicted octanol–water partition coefficient (Wildman–Crippen LogP) is 0.370. The minimum Gasteiger partial charge on any atom is -0.501 e. The van der Waals surface area contributed by atoms with Crippen LogP contribution in [0.5, 0.6) is 5.75 Å². The van der Waals surface area contributed by atoms with Gasteiger partial charge in [-0.2, -0.15) is 5.10 Å². The fourth-order valence-electron chi connectivity index (χ4n) is 5.11. The standard InChI is InChI=1S/C25H24FN9O6/c1-13-28-12-29-35(13)17-9-16(26)4-3-15(17)10-27-20(37)18-19(36)22(38)34-7-8-40-25(24(34)30-18)5-6-33(11-25)23(39)21-32-31-14(2)41-21/h3-4,9,12,36H,5-8,10-11H2,1-2H3,(H,27,37). The van der Waals surface area contributed by atoms with E-state index in [2.05, 4.69) is 30.6 Å². The van der Waals surface area contributed by atoms with E-state index in [9.17, 15) is 23.9 Å². The number of rotatable bonds is 5. The SMILES string of the molecule is Cc1nnc(C(=O)N2CCC3(C2)OCCn2c3nc(C(=O)NCc3ccc(F)cc3-n3ncnc3C)c(O)c2=O)o1. The summed E-state index contributed by atoms with van der Waals surface area (Å²) in [5, 5.41) is 24.9. The minimum absolute atomic E-state index is 0.0156. The Bertz CT molecular complexity index is 1750. The molecule has 0 bridgehead atoms. The summed E-state index contributed by atoms with van der Waals surface area (Å²) in [7, 11) is 0. The van der Waals surface area contributed by atoms with Crippen molar-refractivity contribution in [2.24, 2.45) is 0 Å². The highest BCUT2D eigenvalue weighted by molar-refractivity contribution is 5.94. The third-order valence-electron chi connectivity index (χ3n) is 7.12. The number of aromatic hydroxyl groups is 1. The van der Waals surface area contributed by atoms with Crippen molar-refractivity contribution in [3.05, 3.63) is 75.4 Å². The molecular formula is C25H24FN9O6. The number of amides is 2. The quantitative estimate of drug-likeness (QED) is 0.341. The molecule has 1 aromatic carbocycles. The zero-order valence-electron chi connectivity index (χ0n) is 22.0. The number of hydrogen-bond acceptors (Lipinski definition) is 11. The fraction of sp³-hybridized carbons (Fsp3) is 0.360. The number of ether oxygens (including phenoxy) is 1. The molecule has 16 heteroatoms. The van der Waals surface area contributed by atoms with E-state index in [-0.39, 0.29) is 56.8 Å². The van der Waals surface area contributed by atoms with Crippen LogP contribution in [0, 0.1) is 19.7 Å². The highest BCUT2D eigenvalue weighted by atomic mass is 19.1. The highest BCUT2D eigenvalue weighted by Crippen LogP contribution is 2.38. The number of aromatic nitrogens is 7. The number of halogens is 1. The Morgan fingerprint density at radius 3 is 2.78 bits per heavy atom. The number of fused-ring (bicyclic) bond motifs is 2. The van der Waals surface area contributed by atoms with Crippen LogP contribution in [0.4, 0.5) is 4.39 Å². The normalized spacial score (nSPS) is 18.1. The van der Waals surface area contributed by atoms with Crippen LogP contribution in [0.3, 0.4) is 0 Å². The maximum Gasteiger partial charge on any atom is 0.311 e. The number of nitrogens with one attached hydrogen (secondary N) is 1. The van der Waals surface area contributed by atoms with E-state index in [0.29, 0.717) is 17.1 Å². The first-order chi connectivity index (χ1) is 19.7. The molecule has 2 amide bonds. The van der Waals surface area contributed by atoms with Crippen LogP contribution in [-0.2, 0) is 23.4 Å². The first kappa shape index (κ1) is 26.2. The fourth-order valence-corrected chi connectivity index (χ4v) is 5.11. The number of aryl methyl sites for hydroxylation is 2. The zero-order valence-corrected chi connectivity index (χ0v) is 22.0. The van der Waals surface area contributed by atoms with Gasteiger partial charge in [0, 0.05) is 26.4 Å². The molecule has 0 saturated carbocycles. The lowest BCUT2D eigenvalue weighted by Crippen LogP contribution is -2.47. The molecule has 2 aliphatic heterocycles. The van der Waals surface area contributed by atoms with E-state index in [1.165, 1.54) is 38.7 Å². The molecule has 1 fully saturated rings. The summed E-state index contributed by atoms with van der Waals surface area (Å²) in [6, 6.07) is 3.98. The second-order valence-electron chi connectivity index (χ2n) is 9.71. The Balaban J connectivity index is 1.28. The van der Waals surface area contributed by atoms with Crippen molar-refractivity contribution in [2.75, 3.05) is 19.7 Å². The molecule has 212 valence electrons. The monoisotopic (exact) mass is 565 g/mol. The topological polar surface area (TPSA) is 183 Å². The highest BCUT2D eigenvalue weighted by Gasteiger charge is 2.49. The van der Waals surface area contributed by atoms with E-state index in [1.807, 2.05) is 0 Å². The molecule has 2 N–H and O–H groups in total. The number of carbonyl (C=O) groups excluding carboxylic acids is 2. The first-order valence-electron chi connectivity index (χ1n) is 12.7. The Hall–Kier alpha value is -4.99. The Labute approximate surface area is 230 Å². The molecule has 6 rings (SSSR count). The van der Waals surface area contributed by atoms with Gasteiger partial charge in [0.15, 0.2) is 5.69 Å². The lowest BCUT2D eigenvalue weighted by Gasteiger charge is -2.35. The molecule has 3 aromatic heterocycles. The first-order valence-corrected chi connectivity index (χ1v) is 12.7. The molecule has 0 aliphatic carbocycles. The largest absolute Gasteiger partial charge is 0.501 e. The molecule has 1 atom stereocenters. The molecule has 1 spiro atoms. The van der Waals surface area contributed by atoms with Gasteiger partial charge in [0.05, 0.1) is 25.4 Å². The molecule has 1 saturated heterocycles. The third-order valence-corrected chi connectivity index (χ3v) is 7.12. The van der Waals surface area contributed by atoms with E-state index in [0.717, 1.165) is 0 Å². The number of hydrogen-bond donors (Lipinski definition) is 2. The average Bonchev–Trinajstić information content (AvgIpc) is 3.70. The predicted molar refractivity (Wildman–Crippen MR) is 135 cm³/mol. The summed E-state index contributed by atoms with van der Waals surface area (Å²) >= 11 is 0. The molecule has 41 heavy (non-hydrogen) atoms. The number of likely N-dealkylation sites (tertiary alicyclic amines) is 1. The minimum atomic E-state index is -1.19. The second kappa shape index (κ2) is 9.88. The smallest absolute Gasteiger partial charge is 0.311 e. The number of nitrogens with zero attached hydrogens (tertiary/aromatic N) is 8. The summed E-state index contributed by atoms with van der Waals surface area (Å²) < 4.78 is 28.0. The van der Waals surface area contributed by atoms with Crippen LogP contribution >= 0.6 is 0 Å². The lowest BCUT2D eigenvalue weighted by atomic mass is 9.99. The van der Waals surface area contributed by atoms with Gasteiger partial charge in [-0.1, -0.05) is 6.07 Å². The van der Waals surface area contributed by atoms with E-state index >= 15 is 0 Å². The van der Waals surface area contributed by atoms with Gasteiger partial charge in [-0.05, 0) is 24.6 Å². The van der Waals surface area contributed by atoms with Gasteiger partial charge in [-0.15, -0.1) is 10.2 Å². The van der Waals surface area contributed by atoms with E-state index < -0.39 is 40.2 Å². The summed E-state index contributed by atoms with van der Waals surface area (Å²) in [4.78, 5) is 49.2. The maximum atomic E-state index is 14.0. The van der Waals surface area contributed by atoms with Gasteiger partial charge in [-0.3, -0.25) is 19.0 Å². The molecule has 2 aliphatic rings. The van der Waals surface area contributed by atoms with Gasteiger partial charge in [0.1, 0.15) is 29.4 Å². The van der Waals surface area contributed by atoms with E-state index in [4.69, 9.17) is 9.15 Å². The maximum absolute atomic E-state index is 14.0. The van der Waals surface area contributed by atoms with E-state index in [1.54, 1.807) is 13.8 Å². The van der Waals surface area contributed by atoms with Crippen molar-refractivity contribution in [3.8, 4) is 11.4 Å². The molecule has 1 unspecified atom stereocenters. The van der Waals surface area contributed by atoms with Gasteiger partial charge in [-0.25, -0.2) is 19.0 Å². The van der Waals surface area contributed by atoms with Crippen LogP contribution in [0.25, 0.3) is 5.69 Å². The number of benzene rings is 1. The Morgan fingerprint density at radius 2 is 2.05 bits per heavy atom. The number of carbonyl (C=O) groups is 2. The van der Waals surface area contributed by atoms with Crippen molar-refractivity contribution in [1.82, 2.24) is 44.7 Å².